The summed E-state index contributed by atoms with van der Waals surface area (Å²) < 4.78 is 10.3. The summed E-state index contributed by atoms with van der Waals surface area (Å²) in [7, 11) is 0. The molecule has 1 unspecified atom stereocenters. The lowest BCUT2D eigenvalue weighted by molar-refractivity contribution is -0.129. The monoisotopic (exact) mass is 607 g/mol. The van der Waals surface area contributed by atoms with Gasteiger partial charge in [0.1, 0.15) is 0 Å². The number of fused-ring (bicyclic) bond motifs is 2. The van der Waals surface area contributed by atoms with Gasteiger partial charge in [-0.2, -0.15) is 5.10 Å². The predicted molar refractivity (Wildman–Crippen MR) is 156 cm³/mol. The van der Waals surface area contributed by atoms with Gasteiger partial charge in [0, 0.05) is 73.4 Å². The lowest BCUT2D eigenvalue weighted by atomic mass is 10.0. The highest BCUT2D eigenvalue weighted by Gasteiger charge is 2.29. The Morgan fingerprint density at radius 1 is 1.12 bits per heavy atom. The molecule has 10 heteroatoms. The maximum Gasteiger partial charge on any atom is 0.420 e. The highest BCUT2D eigenvalue weighted by atomic mass is 79.9. The Morgan fingerprint density at radius 2 is 1.88 bits per heavy atom. The summed E-state index contributed by atoms with van der Waals surface area (Å²) in [5.41, 5.74) is 6.59. The van der Waals surface area contributed by atoms with Crippen molar-refractivity contribution in [1.29, 1.82) is 0 Å². The number of para-hydroxylation sites is 1. The fourth-order valence-electron chi connectivity index (χ4n) is 6.26. The van der Waals surface area contributed by atoms with Gasteiger partial charge in [0.2, 0.25) is 5.91 Å². The summed E-state index contributed by atoms with van der Waals surface area (Å²) >= 11 is 3.50. The van der Waals surface area contributed by atoms with Gasteiger partial charge < -0.3 is 19.3 Å². The van der Waals surface area contributed by atoms with Crippen molar-refractivity contribution in [2.45, 2.75) is 58.3 Å². The minimum Gasteiger partial charge on any atom is -0.408 e. The van der Waals surface area contributed by atoms with Gasteiger partial charge >= 0.3 is 5.76 Å². The summed E-state index contributed by atoms with van der Waals surface area (Å²) in [6, 6.07) is 13.9. The SMILES string of the molecule is CC(=O)N1CCc2c(c(-c3ccc(Br)cc3)nn2CC(O)CN2CCC(n3c(=O)oc4cccc(C)c43)CC2)C1. The summed E-state index contributed by atoms with van der Waals surface area (Å²) in [6.07, 6.45) is 1.76. The molecule has 1 saturated heterocycles. The smallest absolute Gasteiger partial charge is 0.408 e. The van der Waals surface area contributed by atoms with Crippen molar-refractivity contribution >= 4 is 32.9 Å². The van der Waals surface area contributed by atoms with Crippen LogP contribution in [0, 0.1) is 6.92 Å². The molecule has 2 aromatic carbocycles. The number of aliphatic hydroxyl groups is 1. The summed E-state index contributed by atoms with van der Waals surface area (Å²) in [5, 5.41) is 16.1. The molecule has 4 heterocycles. The molecule has 0 saturated carbocycles. The molecule has 0 aliphatic carbocycles. The van der Waals surface area contributed by atoms with Gasteiger partial charge in [0.25, 0.3) is 0 Å². The number of hydrogen-bond donors (Lipinski definition) is 1. The number of nitrogens with zero attached hydrogens (tertiary/aromatic N) is 5. The predicted octanol–water partition coefficient (Wildman–Crippen LogP) is 4.13. The van der Waals surface area contributed by atoms with E-state index >= 15 is 0 Å². The standard InChI is InChI=1S/C30H34BrN5O4/c1-19-4-3-5-27-29(19)36(30(39)40-27)23-10-13-33(14-11-23)16-24(38)17-35-26-12-15-34(20(2)37)18-25(26)28(32-35)21-6-8-22(31)9-7-21/h3-9,23-24,38H,10-18H2,1-2H3. The highest BCUT2D eigenvalue weighted by Crippen LogP contribution is 2.32. The van der Waals surface area contributed by atoms with Gasteiger partial charge in [0.05, 0.1) is 23.9 Å². The van der Waals surface area contributed by atoms with Gasteiger partial charge in [-0.25, -0.2) is 4.79 Å². The third-order valence-electron chi connectivity index (χ3n) is 8.31. The molecule has 0 spiro atoms. The van der Waals surface area contributed by atoms with E-state index in [9.17, 15) is 14.7 Å². The Morgan fingerprint density at radius 3 is 2.60 bits per heavy atom. The normalized spacial score (nSPS) is 17.4. The average Bonchev–Trinajstić information content (AvgIpc) is 3.47. The molecule has 0 bridgehead atoms. The Bertz CT molecular complexity index is 1600. The number of carbonyl (C=O) groups excluding carboxylic acids is 1. The zero-order chi connectivity index (χ0) is 28.0. The number of aromatic nitrogens is 3. The second kappa shape index (κ2) is 11.0. The second-order valence-electron chi connectivity index (χ2n) is 11.0. The van der Waals surface area contributed by atoms with Crippen LogP contribution < -0.4 is 5.76 Å². The number of benzene rings is 2. The van der Waals surface area contributed by atoms with Crippen LogP contribution in [0.4, 0.5) is 0 Å². The molecule has 0 radical (unpaired) electrons. The summed E-state index contributed by atoms with van der Waals surface area (Å²) in [4.78, 5) is 28.9. The number of oxazole rings is 1. The number of aliphatic hydroxyl groups excluding tert-OH is 1. The molecule has 1 atom stereocenters. The van der Waals surface area contributed by atoms with E-state index in [2.05, 4.69) is 20.8 Å². The van der Waals surface area contributed by atoms with E-state index in [1.54, 1.807) is 6.92 Å². The maximum atomic E-state index is 12.7. The number of β-amino-alcohol motifs (C(OH)–C–C–N with tert-alkyl or cyclic N) is 1. The Labute approximate surface area is 241 Å². The van der Waals surface area contributed by atoms with Crippen LogP contribution >= 0.6 is 15.9 Å². The number of hydrogen-bond acceptors (Lipinski definition) is 6. The van der Waals surface area contributed by atoms with Crippen LogP contribution in [0.1, 0.15) is 42.6 Å². The summed E-state index contributed by atoms with van der Waals surface area (Å²) in [5.74, 6) is -0.236. The first-order valence-corrected chi connectivity index (χ1v) is 14.7. The quantitative estimate of drug-likeness (QED) is 0.354. The molecule has 2 aliphatic heterocycles. The zero-order valence-electron chi connectivity index (χ0n) is 22.8. The van der Waals surface area contributed by atoms with Crippen LogP contribution in [0.15, 0.2) is 56.1 Å². The minimum absolute atomic E-state index is 0.0597. The van der Waals surface area contributed by atoms with Crippen molar-refractivity contribution in [1.82, 2.24) is 24.1 Å². The number of halogens is 1. The van der Waals surface area contributed by atoms with Gasteiger partial charge in [0.15, 0.2) is 5.58 Å². The van der Waals surface area contributed by atoms with Gasteiger partial charge in [-0.1, -0.05) is 40.2 Å². The first-order chi connectivity index (χ1) is 19.3. The molecule has 1 amide bonds. The van der Waals surface area contributed by atoms with Crippen molar-refractivity contribution < 1.29 is 14.3 Å². The lowest BCUT2D eigenvalue weighted by Gasteiger charge is -2.33. The van der Waals surface area contributed by atoms with E-state index in [0.29, 0.717) is 38.2 Å². The zero-order valence-corrected chi connectivity index (χ0v) is 24.4. The van der Waals surface area contributed by atoms with Gasteiger partial charge in [-0.15, -0.1) is 0 Å². The lowest BCUT2D eigenvalue weighted by Crippen LogP contribution is -2.42. The molecule has 6 rings (SSSR count). The Hall–Kier alpha value is -3.21. The average molecular weight is 609 g/mol. The molecule has 40 heavy (non-hydrogen) atoms. The van der Waals surface area contributed by atoms with E-state index in [4.69, 9.17) is 9.52 Å². The summed E-state index contributed by atoms with van der Waals surface area (Å²) in [6.45, 7) is 7.31. The van der Waals surface area contributed by atoms with E-state index in [1.807, 2.05) is 63.5 Å². The number of likely N-dealkylation sites (tertiary alicyclic amines) is 1. The van der Waals surface area contributed by atoms with Crippen LogP contribution in [0.2, 0.25) is 0 Å². The molecule has 210 valence electrons. The molecule has 2 aromatic heterocycles. The molecular weight excluding hydrogens is 574 g/mol. The number of piperidine rings is 1. The van der Waals surface area contributed by atoms with E-state index in [0.717, 1.165) is 64.0 Å². The number of amides is 1. The molecule has 1 fully saturated rings. The van der Waals surface area contributed by atoms with Crippen LogP contribution in [0.25, 0.3) is 22.4 Å². The Balaban J connectivity index is 1.15. The van der Waals surface area contributed by atoms with Gasteiger partial charge in [-0.05, 0) is 43.5 Å². The van der Waals surface area contributed by atoms with Crippen LogP contribution in [0.5, 0.6) is 0 Å². The van der Waals surface area contributed by atoms with Crippen LogP contribution in [0.3, 0.4) is 0 Å². The number of rotatable bonds is 6. The number of carbonyl (C=O) groups is 1. The van der Waals surface area contributed by atoms with E-state index in [1.165, 1.54) is 0 Å². The van der Waals surface area contributed by atoms with E-state index < -0.39 is 6.10 Å². The number of aryl methyl sites for hydroxylation is 1. The molecule has 2 aliphatic rings. The third-order valence-corrected chi connectivity index (χ3v) is 8.84. The van der Waals surface area contributed by atoms with Crippen LogP contribution in [-0.4, -0.2) is 67.4 Å². The van der Waals surface area contributed by atoms with Crippen molar-refractivity contribution in [3.05, 3.63) is 74.3 Å². The van der Waals surface area contributed by atoms with Crippen molar-refractivity contribution in [2.75, 3.05) is 26.2 Å². The fourth-order valence-corrected chi connectivity index (χ4v) is 6.52. The molecular formula is C30H34BrN5O4. The van der Waals surface area contributed by atoms with Crippen molar-refractivity contribution in [3.63, 3.8) is 0 Å². The largest absolute Gasteiger partial charge is 0.420 e. The van der Waals surface area contributed by atoms with E-state index in [-0.39, 0.29) is 17.7 Å². The maximum absolute atomic E-state index is 12.7. The first-order valence-electron chi connectivity index (χ1n) is 13.9. The third kappa shape index (κ3) is 5.15. The molecule has 1 N–H and O–H groups in total. The van der Waals surface area contributed by atoms with Crippen LogP contribution in [-0.2, 0) is 24.3 Å². The second-order valence-corrected chi connectivity index (χ2v) is 11.9. The minimum atomic E-state index is -0.594. The molecule has 4 aromatic rings. The topological polar surface area (TPSA) is 96.7 Å². The molecule has 9 nitrogen and oxygen atoms in total. The van der Waals surface area contributed by atoms with Crippen molar-refractivity contribution in [2.24, 2.45) is 0 Å². The highest BCUT2D eigenvalue weighted by molar-refractivity contribution is 9.10. The Kier molecular flexibility index (Phi) is 7.41. The van der Waals surface area contributed by atoms with Gasteiger partial charge in [-0.3, -0.25) is 14.0 Å². The van der Waals surface area contributed by atoms with Crippen molar-refractivity contribution in [3.8, 4) is 11.3 Å². The fraction of sp³-hybridized carbons (Fsp3) is 0.433. The first kappa shape index (κ1) is 27.0.